The van der Waals surface area contributed by atoms with Crippen molar-refractivity contribution in [2.24, 2.45) is 0 Å². The van der Waals surface area contributed by atoms with Crippen LogP contribution in [0.4, 0.5) is 4.39 Å². The Morgan fingerprint density at radius 3 is 3.05 bits per heavy atom. The minimum Gasteiger partial charge on any atom is -0.508 e. The van der Waals surface area contributed by atoms with Gasteiger partial charge in [-0.2, -0.15) is 0 Å². The van der Waals surface area contributed by atoms with Gasteiger partial charge in [0.15, 0.2) is 0 Å². The van der Waals surface area contributed by atoms with Gasteiger partial charge in [0.1, 0.15) is 11.6 Å². The zero-order valence-corrected chi connectivity index (χ0v) is 10.9. The molecule has 104 valence electrons. The smallest absolute Gasteiger partial charge is 0.256 e. The zero-order valence-electron chi connectivity index (χ0n) is 10.9. The van der Waals surface area contributed by atoms with Crippen molar-refractivity contribution in [2.75, 3.05) is 19.7 Å². The number of piperidine rings is 1. The first-order valence-electron chi connectivity index (χ1n) is 6.51. The summed E-state index contributed by atoms with van der Waals surface area (Å²) in [5, 5.41) is 9.16. The van der Waals surface area contributed by atoms with Crippen LogP contribution in [0.25, 0.3) is 0 Å². The quantitative estimate of drug-likeness (QED) is 0.913. The maximum atomic E-state index is 13.7. The largest absolute Gasteiger partial charge is 0.508 e. The fraction of sp³-hybridized carbons (Fsp3) is 0.500. The number of phenolic OH excluding ortho intramolecular Hbond substituents is 1. The number of aromatic hydroxyl groups is 1. The third-order valence-corrected chi connectivity index (χ3v) is 3.25. The molecule has 1 N–H and O–H groups in total. The Morgan fingerprint density at radius 2 is 2.37 bits per heavy atom. The first-order chi connectivity index (χ1) is 9.11. The van der Waals surface area contributed by atoms with Gasteiger partial charge < -0.3 is 14.7 Å². The third kappa shape index (κ3) is 3.23. The van der Waals surface area contributed by atoms with Crippen LogP contribution in [0.1, 0.15) is 30.1 Å². The summed E-state index contributed by atoms with van der Waals surface area (Å²) < 4.78 is 19.2. The number of benzene rings is 1. The van der Waals surface area contributed by atoms with Crippen molar-refractivity contribution in [2.45, 2.75) is 25.9 Å². The predicted molar refractivity (Wildman–Crippen MR) is 68.6 cm³/mol. The van der Waals surface area contributed by atoms with Crippen LogP contribution in [-0.2, 0) is 4.74 Å². The molecule has 0 bridgehead atoms. The standard InChI is InChI=1S/C14H18FNO3/c1-2-19-11-4-3-7-16(9-11)14(18)12-6-5-10(17)8-13(12)15/h5-6,8,11,17H,2-4,7,9H2,1H3. The lowest BCUT2D eigenvalue weighted by atomic mass is 10.1. The van der Waals surface area contributed by atoms with Crippen molar-refractivity contribution in [1.82, 2.24) is 4.90 Å². The van der Waals surface area contributed by atoms with E-state index in [1.54, 1.807) is 4.90 Å². The molecule has 2 rings (SSSR count). The molecule has 4 nitrogen and oxygen atoms in total. The number of amides is 1. The summed E-state index contributed by atoms with van der Waals surface area (Å²) in [7, 11) is 0. The van der Waals surface area contributed by atoms with Gasteiger partial charge in [-0.15, -0.1) is 0 Å². The maximum absolute atomic E-state index is 13.7. The SMILES string of the molecule is CCOC1CCCN(C(=O)c2ccc(O)cc2F)C1. The number of nitrogens with zero attached hydrogens (tertiary/aromatic N) is 1. The summed E-state index contributed by atoms with van der Waals surface area (Å²) in [6.45, 7) is 3.64. The van der Waals surface area contributed by atoms with Crippen molar-refractivity contribution < 1.29 is 19.0 Å². The predicted octanol–water partition coefficient (Wildman–Crippen LogP) is 2.17. The minimum atomic E-state index is -0.691. The number of ether oxygens (including phenoxy) is 1. The number of carbonyl (C=O) groups excluding carboxylic acids is 1. The number of rotatable bonds is 3. The molecule has 1 unspecified atom stereocenters. The van der Waals surface area contributed by atoms with E-state index in [4.69, 9.17) is 9.84 Å². The highest BCUT2D eigenvalue weighted by Gasteiger charge is 2.26. The fourth-order valence-corrected chi connectivity index (χ4v) is 2.34. The molecule has 1 aromatic rings. The minimum absolute atomic E-state index is 0.00468. The molecule has 1 fully saturated rings. The van der Waals surface area contributed by atoms with Crippen molar-refractivity contribution in [3.8, 4) is 5.75 Å². The van der Waals surface area contributed by atoms with Gasteiger partial charge in [-0.1, -0.05) is 0 Å². The molecule has 19 heavy (non-hydrogen) atoms. The van der Waals surface area contributed by atoms with E-state index in [1.807, 2.05) is 6.92 Å². The number of halogens is 1. The Bertz CT molecular complexity index is 462. The first-order valence-corrected chi connectivity index (χ1v) is 6.51. The van der Waals surface area contributed by atoms with E-state index < -0.39 is 5.82 Å². The summed E-state index contributed by atoms with van der Waals surface area (Å²) in [5.74, 6) is -1.22. The second kappa shape index (κ2) is 6.02. The highest BCUT2D eigenvalue weighted by atomic mass is 19.1. The number of hydrogen-bond acceptors (Lipinski definition) is 3. The highest BCUT2D eigenvalue weighted by molar-refractivity contribution is 5.94. The molecule has 1 atom stereocenters. The monoisotopic (exact) mass is 267 g/mol. The molecular weight excluding hydrogens is 249 g/mol. The second-order valence-corrected chi connectivity index (χ2v) is 4.63. The molecule has 5 heteroatoms. The maximum Gasteiger partial charge on any atom is 0.256 e. The number of hydrogen-bond donors (Lipinski definition) is 1. The molecule has 1 aliphatic heterocycles. The van der Waals surface area contributed by atoms with Gasteiger partial charge in [-0.05, 0) is 31.9 Å². The summed E-state index contributed by atoms with van der Waals surface area (Å²) in [5.41, 5.74) is -0.00468. The van der Waals surface area contributed by atoms with Gasteiger partial charge in [0.2, 0.25) is 0 Å². The van der Waals surface area contributed by atoms with E-state index >= 15 is 0 Å². The van der Waals surface area contributed by atoms with Gasteiger partial charge in [0, 0.05) is 25.8 Å². The zero-order chi connectivity index (χ0) is 13.8. The van der Waals surface area contributed by atoms with Gasteiger partial charge in [-0.25, -0.2) is 4.39 Å². The second-order valence-electron chi connectivity index (χ2n) is 4.63. The Morgan fingerprint density at radius 1 is 1.58 bits per heavy atom. The van der Waals surface area contributed by atoms with Crippen LogP contribution in [0.15, 0.2) is 18.2 Å². The van der Waals surface area contributed by atoms with Crippen molar-refractivity contribution in [3.63, 3.8) is 0 Å². The average molecular weight is 267 g/mol. The van der Waals surface area contributed by atoms with Gasteiger partial charge in [0.25, 0.3) is 5.91 Å². The molecule has 0 aliphatic carbocycles. The summed E-state index contributed by atoms with van der Waals surface area (Å²) in [4.78, 5) is 13.8. The molecule has 0 saturated carbocycles. The average Bonchev–Trinajstić information content (AvgIpc) is 2.39. The highest BCUT2D eigenvalue weighted by Crippen LogP contribution is 2.20. The molecule has 0 aromatic heterocycles. The van der Waals surface area contributed by atoms with E-state index in [2.05, 4.69) is 0 Å². The first kappa shape index (κ1) is 13.8. The summed E-state index contributed by atoms with van der Waals surface area (Å²) in [6.07, 6.45) is 1.81. The van der Waals surface area contributed by atoms with Crippen LogP contribution in [0.3, 0.4) is 0 Å². The van der Waals surface area contributed by atoms with E-state index in [1.165, 1.54) is 12.1 Å². The van der Waals surface area contributed by atoms with Gasteiger partial charge in [0.05, 0.1) is 11.7 Å². The third-order valence-electron chi connectivity index (χ3n) is 3.25. The van der Waals surface area contributed by atoms with Crippen LogP contribution >= 0.6 is 0 Å². The molecule has 1 saturated heterocycles. The van der Waals surface area contributed by atoms with E-state index in [0.29, 0.717) is 19.7 Å². The van der Waals surface area contributed by atoms with Crippen LogP contribution in [0.5, 0.6) is 5.75 Å². The van der Waals surface area contributed by atoms with E-state index in [9.17, 15) is 9.18 Å². The fourth-order valence-electron chi connectivity index (χ4n) is 2.34. The molecular formula is C14H18FNO3. The van der Waals surface area contributed by atoms with E-state index in [-0.39, 0.29) is 23.3 Å². The lowest BCUT2D eigenvalue weighted by Crippen LogP contribution is -2.43. The molecule has 1 aliphatic rings. The molecule has 0 spiro atoms. The lowest BCUT2D eigenvalue weighted by Gasteiger charge is -2.32. The van der Waals surface area contributed by atoms with Crippen LogP contribution in [0, 0.1) is 5.82 Å². The summed E-state index contributed by atoms with van der Waals surface area (Å²) in [6, 6.07) is 3.59. The number of carbonyl (C=O) groups is 1. The van der Waals surface area contributed by atoms with Crippen LogP contribution in [-0.4, -0.2) is 41.7 Å². The Kier molecular flexibility index (Phi) is 4.37. The normalized spacial score (nSPS) is 19.5. The van der Waals surface area contributed by atoms with Crippen molar-refractivity contribution in [1.29, 1.82) is 0 Å². The molecule has 1 amide bonds. The Labute approximate surface area is 111 Å². The number of likely N-dealkylation sites (tertiary alicyclic amines) is 1. The number of phenols is 1. The molecule has 0 radical (unpaired) electrons. The van der Waals surface area contributed by atoms with Crippen LogP contribution < -0.4 is 0 Å². The topological polar surface area (TPSA) is 49.8 Å². The molecule has 1 heterocycles. The van der Waals surface area contributed by atoms with E-state index in [0.717, 1.165) is 18.9 Å². The lowest BCUT2D eigenvalue weighted by molar-refractivity contribution is 0.00707. The van der Waals surface area contributed by atoms with Gasteiger partial charge >= 0.3 is 0 Å². The summed E-state index contributed by atoms with van der Waals surface area (Å²) >= 11 is 0. The van der Waals surface area contributed by atoms with Crippen molar-refractivity contribution in [3.05, 3.63) is 29.6 Å². The Hall–Kier alpha value is -1.62. The van der Waals surface area contributed by atoms with Crippen LogP contribution in [0.2, 0.25) is 0 Å². The molecule has 1 aromatic carbocycles. The Balaban J connectivity index is 2.10. The van der Waals surface area contributed by atoms with Gasteiger partial charge in [-0.3, -0.25) is 4.79 Å². The van der Waals surface area contributed by atoms with Crippen molar-refractivity contribution >= 4 is 5.91 Å².